The molecule has 0 fully saturated rings. The second-order valence-corrected chi connectivity index (χ2v) is 12.9. The summed E-state index contributed by atoms with van der Waals surface area (Å²) >= 11 is 0. The molecule has 10 aromatic rings. The summed E-state index contributed by atoms with van der Waals surface area (Å²) in [5.74, 6) is 0. The lowest BCUT2D eigenvalue weighted by atomic mass is 9.92. The average molecular weight is 651 g/mol. The minimum Gasteiger partial charge on any atom is -0.245 e. The van der Waals surface area contributed by atoms with Crippen molar-refractivity contribution >= 4 is 43.5 Å². The van der Waals surface area contributed by atoms with Gasteiger partial charge < -0.3 is 0 Å². The van der Waals surface area contributed by atoms with Crippen LogP contribution in [0.5, 0.6) is 0 Å². The van der Waals surface area contributed by atoms with Crippen molar-refractivity contribution < 1.29 is 0 Å². The number of aromatic nitrogens is 4. The van der Waals surface area contributed by atoms with E-state index in [0.717, 1.165) is 94.1 Å². The monoisotopic (exact) mass is 650 g/mol. The molecule has 10 rings (SSSR count). The summed E-state index contributed by atoms with van der Waals surface area (Å²) in [7, 11) is 0. The van der Waals surface area contributed by atoms with Crippen LogP contribution in [0.3, 0.4) is 0 Å². The van der Waals surface area contributed by atoms with E-state index in [4.69, 9.17) is 15.1 Å². The number of nitrogens with zero attached hydrogens (tertiary/aromatic N) is 4. The molecule has 0 spiro atoms. The zero-order valence-corrected chi connectivity index (χ0v) is 27.6. The molecule has 0 amide bonds. The summed E-state index contributed by atoms with van der Waals surface area (Å²) in [6.07, 6.45) is 0. The van der Waals surface area contributed by atoms with Crippen LogP contribution in [0.2, 0.25) is 0 Å². The first kappa shape index (κ1) is 29.0. The number of para-hydroxylation sites is 1. The highest BCUT2D eigenvalue weighted by Gasteiger charge is 2.21. The van der Waals surface area contributed by atoms with Crippen LogP contribution in [0.1, 0.15) is 0 Å². The SMILES string of the molecule is c1ccc(-c2ccc3ccc4ccc(-c5cccc(-c6cc7ccccc7c7c6c(-c6ccccc6)nn7-c6ccccc6)c5)nc4c3n2)cc1. The first-order valence-electron chi connectivity index (χ1n) is 17.2. The Labute approximate surface area is 294 Å². The molecule has 238 valence electrons. The fourth-order valence-electron chi connectivity index (χ4n) is 7.31. The van der Waals surface area contributed by atoms with Gasteiger partial charge in [0.25, 0.3) is 0 Å². The molecule has 4 heteroatoms. The van der Waals surface area contributed by atoms with E-state index in [1.807, 2.05) is 24.3 Å². The predicted molar refractivity (Wildman–Crippen MR) is 211 cm³/mol. The summed E-state index contributed by atoms with van der Waals surface area (Å²) < 4.78 is 2.11. The van der Waals surface area contributed by atoms with Crippen molar-refractivity contribution in [2.24, 2.45) is 0 Å². The number of hydrogen-bond acceptors (Lipinski definition) is 3. The molecule has 0 aliphatic carbocycles. The molecule has 0 aliphatic rings. The van der Waals surface area contributed by atoms with Crippen LogP contribution in [0, 0.1) is 0 Å². The molecular formula is C47H30N4. The minimum atomic E-state index is 0.900. The zero-order chi connectivity index (χ0) is 33.7. The Balaban J connectivity index is 1.19. The van der Waals surface area contributed by atoms with Crippen LogP contribution in [0.15, 0.2) is 182 Å². The topological polar surface area (TPSA) is 43.6 Å². The Kier molecular flexibility index (Phi) is 6.78. The number of benzene rings is 7. The lowest BCUT2D eigenvalue weighted by Crippen LogP contribution is -1.96. The third-order valence-corrected chi connectivity index (χ3v) is 9.78. The third kappa shape index (κ3) is 4.96. The van der Waals surface area contributed by atoms with Crippen LogP contribution in [0.25, 0.3) is 94.1 Å². The molecule has 0 bridgehead atoms. The Hall–Kier alpha value is -6.91. The van der Waals surface area contributed by atoms with Gasteiger partial charge in [0.05, 0.1) is 33.6 Å². The highest BCUT2D eigenvalue weighted by molar-refractivity contribution is 6.17. The fraction of sp³-hybridized carbons (Fsp3) is 0. The quantitative estimate of drug-likeness (QED) is 0.174. The minimum absolute atomic E-state index is 0.900. The molecule has 51 heavy (non-hydrogen) atoms. The molecule has 0 saturated heterocycles. The van der Waals surface area contributed by atoms with Gasteiger partial charge in [0.1, 0.15) is 5.69 Å². The van der Waals surface area contributed by atoms with Gasteiger partial charge in [0, 0.05) is 38.2 Å². The van der Waals surface area contributed by atoms with Crippen LogP contribution in [0.4, 0.5) is 0 Å². The maximum Gasteiger partial charge on any atom is 0.101 e. The molecule has 3 aromatic heterocycles. The Bertz CT molecular complexity index is 2900. The van der Waals surface area contributed by atoms with Crippen molar-refractivity contribution in [3.63, 3.8) is 0 Å². The van der Waals surface area contributed by atoms with E-state index in [9.17, 15) is 0 Å². The summed E-state index contributed by atoms with van der Waals surface area (Å²) in [6, 6.07) is 63.7. The molecule has 0 atom stereocenters. The Morgan fingerprint density at radius 2 is 0.941 bits per heavy atom. The van der Waals surface area contributed by atoms with E-state index >= 15 is 0 Å². The lowest BCUT2D eigenvalue weighted by molar-refractivity contribution is 0.918. The van der Waals surface area contributed by atoms with Crippen LogP contribution < -0.4 is 0 Å². The van der Waals surface area contributed by atoms with Gasteiger partial charge in [0.15, 0.2) is 0 Å². The number of rotatable bonds is 5. The average Bonchev–Trinajstić information content (AvgIpc) is 3.62. The molecule has 0 radical (unpaired) electrons. The van der Waals surface area contributed by atoms with E-state index < -0.39 is 0 Å². The van der Waals surface area contributed by atoms with E-state index in [1.165, 1.54) is 0 Å². The van der Waals surface area contributed by atoms with Crippen molar-refractivity contribution in [1.82, 2.24) is 19.7 Å². The van der Waals surface area contributed by atoms with Gasteiger partial charge in [-0.1, -0.05) is 146 Å². The van der Waals surface area contributed by atoms with Crippen molar-refractivity contribution in [1.29, 1.82) is 0 Å². The second-order valence-electron chi connectivity index (χ2n) is 12.9. The first-order valence-corrected chi connectivity index (χ1v) is 17.2. The normalized spacial score (nSPS) is 11.5. The van der Waals surface area contributed by atoms with Crippen molar-refractivity contribution in [2.75, 3.05) is 0 Å². The molecular weight excluding hydrogens is 621 g/mol. The van der Waals surface area contributed by atoms with E-state index in [0.29, 0.717) is 0 Å². The number of pyridine rings is 2. The van der Waals surface area contributed by atoms with Crippen LogP contribution in [-0.2, 0) is 0 Å². The fourth-order valence-corrected chi connectivity index (χ4v) is 7.31. The van der Waals surface area contributed by atoms with Gasteiger partial charge in [-0.2, -0.15) is 5.10 Å². The van der Waals surface area contributed by atoms with E-state index in [-0.39, 0.29) is 0 Å². The van der Waals surface area contributed by atoms with E-state index in [2.05, 4.69) is 162 Å². The largest absolute Gasteiger partial charge is 0.245 e. The van der Waals surface area contributed by atoms with Gasteiger partial charge in [0.2, 0.25) is 0 Å². The summed E-state index contributed by atoms with van der Waals surface area (Å²) in [4.78, 5) is 10.4. The third-order valence-electron chi connectivity index (χ3n) is 9.78. The molecule has 0 N–H and O–H groups in total. The van der Waals surface area contributed by atoms with Crippen molar-refractivity contribution in [3.05, 3.63) is 182 Å². The predicted octanol–water partition coefficient (Wildman–Crippen LogP) is 11.9. The highest BCUT2D eigenvalue weighted by atomic mass is 15.3. The Morgan fingerprint density at radius 1 is 0.392 bits per heavy atom. The smallest absolute Gasteiger partial charge is 0.101 e. The van der Waals surface area contributed by atoms with Gasteiger partial charge in [-0.25, -0.2) is 14.6 Å². The summed E-state index contributed by atoms with van der Waals surface area (Å²) in [6.45, 7) is 0. The zero-order valence-electron chi connectivity index (χ0n) is 27.6. The molecule has 3 heterocycles. The lowest BCUT2D eigenvalue weighted by Gasteiger charge is -2.12. The van der Waals surface area contributed by atoms with Crippen molar-refractivity contribution in [2.45, 2.75) is 0 Å². The first-order chi connectivity index (χ1) is 25.3. The molecule has 4 nitrogen and oxygen atoms in total. The van der Waals surface area contributed by atoms with Gasteiger partial charge >= 0.3 is 0 Å². The van der Waals surface area contributed by atoms with Gasteiger partial charge in [-0.05, 0) is 52.9 Å². The maximum absolute atomic E-state index is 5.34. The highest BCUT2D eigenvalue weighted by Crippen LogP contribution is 2.42. The van der Waals surface area contributed by atoms with Crippen LogP contribution >= 0.6 is 0 Å². The standard InChI is InChI=1S/C47H30N4/c1-4-13-31(14-5-1)41-27-25-33-23-24-34-26-28-42(49-46(34)45(33)48-41)37-19-12-18-35(29-37)40-30-36-17-10-11-22-39(36)47-43(40)44(32-15-6-2-7-16-32)50-51(47)38-20-8-3-9-21-38/h1-30H. The summed E-state index contributed by atoms with van der Waals surface area (Å²) in [5, 5.41) is 10.9. The van der Waals surface area contributed by atoms with Crippen molar-refractivity contribution in [3.8, 4) is 50.6 Å². The maximum atomic E-state index is 5.34. The molecule has 0 aliphatic heterocycles. The molecule has 0 saturated carbocycles. The molecule has 0 unspecified atom stereocenters. The van der Waals surface area contributed by atoms with Crippen LogP contribution in [-0.4, -0.2) is 19.7 Å². The Morgan fingerprint density at radius 3 is 1.65 bits per heavy atom. The second kappa shape index (κ2) is 11.9. The number of hydrogen-bond donors (Lipinski definition) is 0. The van der Waals surface area contributed by atoms with Gasteiger partial charge in [-0.15, -0.1) is 0 Å². The van der Waals surface area contributed by atoms with Gasteiger partial charge in [-0.3, -0.25) is 0 Å². The summed E-state index contributed by atoms with van der Waals surface area (Å²) in [5.41, 5.74) is 12.2. The van der Waals surface area contributed by atoms with E-state index in [1.54, 1.807) is 0 Å². The number of fused-ring (bicyclic) bond motifs is 6. The molecule has 7 aromatic carbocycles.